The molecule has 5 aliphatic rings. The lowest BCUT2D eigenvalue weighted by Gasteiger charge is -2.62. The highest BCUT2D eigenvalue weighted by atomic mass is 32.3. The maximum atomic E-state index is 15.3. The second-order valence-electron chi connectivity index (χ2n) is 9.12. The minimum Gasteiger partial charge on any atom is -0.504 e. The normalized spacial score (nSPS) is 38.8. The molecule has 1 spiro atoms. The van der Waals surface area contributed by atoms with Crippen molar-refractivity contribution in [3.63, 3.8) is 0 Å². The van der Waals surface area contributed by atoms with Crippen LogP contribution in [0.4, 0.5) is 3.89 Å². The molecule has 1 saturated heterocycles. The summed E-state index contributed by atoms with van der Waals surface area (Å²) < 4.78 is 45.2. The van der Waals surface area contributed by atoms with Crippen molar-refractivity contribution in [1.82, 2.24) is 4.90 Å². The number of Topliss-reactive ketones (excluding diaryl/α,β-unsaturated/α-hetero) is 1. The number of likely N-dealkylation sites (tertiary alicyclic amines) is 1. The van der Waals surface area contributed by atoms with Gasteiger partial charge in [0.2, 0.25) is 0 Å². The first-order chi connectivity index (χ1) is 13.3. The Hall–Kier alpha value is -1.67. The lowest BCUT2D eigenvalue weighted by molar-refractivity contribution is -0.136. The van der Waals surface area contributed by atoms with E-state index in [0.717, 1.165) is 24.9 Å². The molecule has 0 radical (unpaired) electrons. The van der Waals surface area contributed by atoms with Crippen LogP contribution in [0, 0.1) is 5.92 Å². The number of aromatic hydroxyl groups is 1. The molecule has 6 rings (SSSR count). The average Bonchev–Trinajstić information content (AvgIpc) is 3.37. The molecule has 2 bridgehead atoms. The van der Waals surface area contributed by atoms with E-state index in [4.69, 9.17) is 4.74 Å². The van der Waals surface area contributed by atoms with Crippen LogP contribution < -0.4 is 4.74 Å². The third-order valence-electron chi connectivity index (χ3n) is 7.95. The summed E-state index contributed by atoms with van der Waals surface area (Å²) in [6.07, 6.45) is 1.91. The third-order valence-corrected chi connectivity index (χ3v) is 9.66. The van der Waals surface area contributed by atoms with Crippen molar-refractivity contribution in [2.45, 2.75) is 60.8 Å². The highest BCUT2D eigenvalue weighted by Crippen LogP contribution is 2.67. The van der Waals surface area contributed by atoms with E-state index in [1.807, 2.05) is 0 Å². The smallest absolute Gasteiger partial charge is 0.310 e. The van der Waals surface area contributed by atoms with Crippen LogP contribution in [-0.4, -0.2) is 54.2 Å². The highest BCUT2D eigenvalue weighted by molar-refractivity contribution is 7.88. The van der Waals surface area contributed by atoms with E-state index in [0.29, 0.717) is 30.9 Å². The number of benzene rings is 1. The molecule has 4 atom stereocenters. The fourth-order valence-corrected chi connectivity index (χ4v) is 8.38. The van der Waals surface area contributed by atoms with Gasteiger partial charge in [-0.05, 0) is 56.2 Å². The lowest BCUT2D eigenvalue weighted by atomic mass is 9.51. The number of nitrogens with zero attached hydrogens (tertiary/aromatic N) is 1. The summed E-state index contributed by atoms with van der Waals surface area (Å²) in [5, 5.41) is 10.4. The number of hydrogen-bond acceptors (Lipinski definition) is 6. The molecule has 1 N–H and O–H groups in total. The number of hydrogen-bond donors (Lipinski definition) is 1. The van der Waals surface area contributed by atoms with Crippen LogP contribution in [0.1, 0.15) is 43.2 Å². The fraction of sp³-hybridized carbons (Fsp3) is 0.650. The number of carbonyl (C=O) groups excluding carboxylic acids is 1. The van der Waals surface area contributed by atoms with Gasteiger partial charge in [0.1, 0.15) is 4.75 Å². The van der Waals surface area contributed by atoms with Crippen molar-refractivity contribution in [1.29, 1.82) is 0 Å². The molecular formula is C20H22FNO5S. The van der Waals surface area contributed by atoms with Crippen molar-refractivity contribution in [3.8, 4) is 11.5 Å². The van der Waals surface area contributed by atoms with Gasteiger partial charge in [-0.25, -0.2) is 0 Å². The Morgan fingerprint density at radius 1 is 1.29 bits per heavy atom. The van der Waals surface area contributed by atoms with Gasteiger partial charge in [-0.15, -0.1) is 3.89 Å². The number of phenolic OH excluding ortho intramolecular Hbond substituents is 1. The molecule has 2 unspecified atom stereocenters. The first-order valence-electron chi connectivity index (χ1n) is 10.0. The predicted molar refractivity (Wildman–Crippen MR) is 97.6 cm³/mol. The molecule has 0 aromatic heterocycles. The Balaban J connectivity index is 1.66. The van der Waals surface area contributed by atoms with Crippen molar-refractivity contribution in [3.05, 3.63) is 23.3 Å². The maximum absolute atomic E-state index is 15.3. The Morgan fingerprint density at radius 2 is 2.07 bits per heavy atom. The first-order valence-corrected chi connectivity index (χ1v) is 11.4. The Labute approximate surface area is 162 Å². The van der Waals surface area contributed by atoms with E-state index in [2.05, 4.69) is 4.90 Å². The average molecular weight is 407 g/mol. The predicted octanol–water partition coefficient (Wildman–Crippen LogP) is 1.83. The maximum Gasteiger partial charge on any atom is 0.310 e. The van der Waals surface area contributed by atoms with E-state index in [1.165, 1.54) is 6.07 Å². The standard InChI is InChI=1S/C20H22FNO5S/c21-28(25,26)20-6-5-14(24)18-19(20)7-8-22(10-11-1-2-11)15(20)9-12-3-4-13(23)17(27-18)16(12)19/h3-4,11,15,18,23H,1-2,5-10H2/t15?,18-,19-,20?/m0/s1. The second-order valence-corrected chi connectivity index (χ2v) is 10.7. The summed E-state index contributed by atoms with van der Waals surface area (Å²) in [5.74, 6) is 0.419. The zero-order chi connectivity index (χ0) is 19.5. The van der Waals surface area contributed by atoms with Gasteiger partial charge in [0.25, 0.3) is 0 Å². The van der Waals surface area contributed by atoms with E-state index < -0.39 is 32.5 Å². The quantitative estimate of drug-likeness (QED) is 0.770. The molecule has 1 aromatic carbocycles. The van der Waals surface area contributed by atoms with Crippen LogP contribution in [0.15, 0.2) is 12.1 Å². The number of carbonyl (C=O) groups is 1. The molecule has 3 fully saturated rings. The van der Waals surface area contributed by atoms with E-state index in [-0.39, 0.29) is 30.1 Å². The van der Waals surface area contributed by atoms with Gasteiger partial charge in [0.15, 0.2) is 23.4 Å². The van der Waals surface area contributed by atoms with Crippen LogP contribution in [0.25, 0.3) is 0 Å². The molecule has 150 valence electrons. The number of phenols is 1. The number of ketones is 1. The van der Waals surface area contributed by atoms with Gasteiger partial charge in [0.05, 0.1) is 5.41 Å². The fourth-order valence-electron chi connectivity index (χ4n) is 6.73. The van der Waals surface area contributed by atoms with Crippen LogP contribution in [-0.2, 0) is 26.9 Å². The zero-order valence-corrected chi connectivity index (χ0v) is 16.2. The van der Waals surface area contributed by atoms with Crippen molar-refractivity contribution >= 4 is 16.0 Å². The molecule has 1 aromatic rings. The first kappa shape index (κ1) is 17.2. The SMILES string of the molecule is O=C1CCC2(S(=O)(=O)F)C3Cc4ccc(O)c5c4[C@@]2(CCN3CC2CC2)[C@H]1O5. The summed E-state index contributed by atoms with van der Waals surface area (Å²) in [5.41, 5.74) is 0.186. The summed E-state index contributed by atoms with van der Waals surface area (Å²) in [6.45, 7) is 1.39. The Morgan fingerprint density at radius 3 is 2.79 bits per heavy atom. The van der Waals surface area contributed by atoms with Crippen molar-refractivity contribution in [2.24, 2.45) is 5.92 Å². The molecule has 2 saturated carbocycles. The van der Waals surface area contributed by atoms with Gasteiger partial charge in [-0.3, -0.25) is 9.69 Å². The van der Waals surface area contributed by atoms with Crippen LogP contribution in [0.2, 0.25) is 0 Å². The van der Waals surface area contributed by atoms with Gasteiger partial charge in [-0.1, -0.05) is 6.07 Å². The number of halogens is 1. The highest BCUT2D eigenvalue weighted by Gasteiger charge is 2.78. The summed E-state index contributed by atoms with van der Waals surface area (Å²) in [4.78, 5) is 15.0. The van der Waals surface area contributed by atoms with Crippen LogP contribution in [0.3, 0.4) is 0 Å². The van der Waals surface area contributed by atoms with Gasteiger partial charge in [-0.2, -0.15) is 8.42 Å². The molecule has 2 heterocycles. The summed E-state index contributed by atoms with van der Waals surface area (Å²) in [7, 11) is -5.00. The largest absolute Gasteiger partial charge is 0.504 e. The zero-order valence-electron chi connectivity index (χ0n) is 15.4. The van der Waals surface area contributed by atoms with Gasteiger partial charge < -0.3 is 9.84 Å². The molecule has 6 nitrogen and oxygen atoms in total. The van der Waals surface area contributed by atoms with E-state index in [9.17, 15) is 18.3 Å². The van der Waals surface area contributed by atoms with Gasteiger partial charge in [0, 0.05) is 24.6 Å². The van der Waals surface area contributed by atoms with E-state index >= 15 is 3.89 Å². The minimum atomic E-state index is -5.00. The number of ether oxygens (including phenoxy) is 1. The molecule has 28 heavy (non-hydrogen) atoms. The molecular weight excluding hydrogens is 385 g/mol. The summed E-state index contributed by atoms with van der Waals surface area (Å²) in [6, 6.07) is 2.80. The second kappa shape index (κ2) is 5.08. The van der Waals surface area contributed by atoms with Crippen LogP contribution >= 0.6 is 0 Å². The number of piperidine rings is 1. The van der Waals surface area contributed by atoms with E-state index in [1.54, 1.807) is 6.07 Å². The third kappa shape index (κ3) is 1.78. The monoisotopic (exact) mass is 407 g/mol. The summed E-state index contributed by atoms with van der Waals surface area (Å²) >= 11 is 0. The number of rotatable bonds is 3. The van der Waals surface area contributed by atoms with Crippen molar-refractivity contribution in [2.75, 3.05) is 13.1 Å². The minimum absolute atomic E-state index is 0.0204. The molecule has 8 heteroatoms. The van der Waals surface area contributed by atoms with Crippen LogP contribution in [0.5, 0.6) is 11.5 Å². The van der Waals surface area contributed by atoms with Gasteiger partial charge >= 0.3 is 10.2 Å². The molecule has 2 aliphatic heterocycles. The Bertz CT molecular complexity index is 1020. The van der Waals surface area contributed by atoms with Crippen molar-refractivity contribution < 1.29 is 26.9 Å². The molecule has 0 amide bonds. The lowest BCUT2D eigenvalue weighted by Crippen LogP contribution is -2.78. The molecule has 3 aliphatic carbocycles. The topological polar surface area (TPSA) is 83.9 Å². The Kier molecular flexibility index (Phi) is 3.12.